The van der Waals surface area contributed by atoms with E-state index in [9.17, 15) is 28.3 Å². The molecule has 2 amide bonds. The lowest BCUT2D eigenvalue weighted by Gasteiger charge is -2.24. The maximum Gasteiger partial charge on any atom is 0.243 e. The summed E-state index contributed by atoms with van der Waals surface area (Å²) in [6.45, 7) is -1.30. The third kappa shape index (κ3) is 4.67. The van der Waals surface area contributed by atoms with Gasteiger partial charge in [0.2, 0.25) is 11.8 Å². The summed E-state index contributed by atoms with van der Waals surface area (Å²) in [7, 11) is 0. The number of halogens is 3. The Kier molecular flexibility index (Phi) is 6.95. The third-order valence-corrected chi connectivity index (χ3v) is 6.19. The average molecular weight is 490 g/mol. The van der Waals surface area contributed by atoms with Crippen LogP contribution in [0.2, 0.25) is 5.02 Å². The van der Waals surface area contributed by atoms with Crippen LogP contribution in [0.25, 0.3) is 10.9 Å². The second-order valence-electron chi connectivity index (χ2n) is 8.09. The number of carbonyl (C=O) groups is 3. The summed E-state index contributed by atoms with van der Waals surface area (Å²) in [4.78, 5) is 39.1. The molecule has 3 aromatic rings. The van der Waals surface area contributed by atoms with Crippen molar-refractivity contribution in [1.82, 2.24) is 14.8 Å². The predicted molar refractivity (Wildman–Crippen MR) is 122 cm³/mol. The number of carbonyl (C=O) groups excluding carboxylic acids is 3. The summed E-state index contributed by atoms with van der Waals surface area (Å²) >= 11 is 5.76. The second kappa shape index (κ2) is 9.90. The number of hydrogen-bond donors (Lipinski definition) is 2. The molecule has 4 rings (SSSR count). The molecule has 0 unspecified atom stereocenters. The lowest BCUT2D eigenvalue weighted by Crippen LogP contribution is -2.46. The van der Waals surface area contributed by atoms with Crippen LogP contribution in [0.5, 0.6) is 0 Å². The Morgan fingerprint density at radius 1 is 1.15 bits per heavy atom. The Morgan fingerprint density at radius 2 is 1.91 bits per heavy atom. The van der Waals surface area contributed by atoms with E-state index in [4.69, 9.17) is 11.6 Å². The average Bonchev–Trinajstić information content (AvgIpc) is 3.40. The van der Waals surface area contributed by atoms with Gasteiger partial charge in [-0.15, -0.1) is 0 Å². The van der Waals surface area contributed by atoms with Crippen molar-refractivity contribution in [3.63, 3.8) is 0 Å². The third-order valence-electron chi connectivity index (χ3n) is 5.90. The number of rotatable bonds is 7. The molecule has 0 aliphatic carbocycles. The van der Waals surface area contributed by atoms with Crippen molar-refractivity contribution in [1.29, 1.82) is 0 Å². The molecular weight excluding hydrogens is 468 g/mol. The Morgan fingerprint density at radius 3 is 2.68 bits per heavy atom. The van der Waals surface area contributed by atoms with E-state index < -0.39 is 42.2 Å². The minimum Gasteiger partial charge on any atom is -0.388 e. The Bertz CT molecular complexity index is 1260. The van der Waals surface area contributed by atoms with Crippen LogP contribution in [-0.2, 0) is 22.7 Å². The summed E-state index contributed by atoms with van der Waals surface area (Å²) in [5, 5.41) is 12.3. The topological polar surface area (TPSA) is 91.6 Å². The number of nitrogens with zero attached hydrogens (tertiary/aromatic N) is 2. The largest absolute Gasteiger partial charge is 0.388 e. The van der Waals surface area contributed by atoms with Crippen molar-refractivity contribution >= 4 is 40.1 Å². The molecule has 1 aliphatic rings. The van der Waals surface area contributed by atoms with Crippen LogP contribution in [0.15, 0.2) is 48.7 Å². The summed E-state index contributed by atoms with van der Waals surface area (Å²) in [5.74, 6) is -2.24. The van der Waals surface area contributed by atoms with Crippen LogP contribution in [0.4, 0.5) is 8.78 Å². The molecular formula is C24H22ClF2N3O4. The Balaban J connectivity index is 1.51. The number of nitrogens with one attached hydrogen (secondary N) is 1. The number of Topliss-reactive ketones (excluding diaryl/α,β-unsaturated/α-hetero) is 1. The number of alkyl halides is 1. The molecule has 2 heterocycles. The molecule has 0 bridgehead atoms. The van der Waals surface area contributed by atoms with Crippen molar-refractivity contribution in [3.05, 3.63) is 70.6 Å². The quantitative estimate of drug-likeness (QED) is 0.499. The van der Waals surface area contributed by atoms with Gasteiger partial charge in [0.15, 0.2) is 5.78 Å². The fraction of sp³-hybridized carbons (Fsp3) is 0.292. The summed E-state index contributed by atoms with van der Waals surface area (Å²) in [6, 6.07) is 10.3. The van der Waals surface area contributed by atoms with E-state index in [1.807, 2.05) is 0 Å². The van der Waals surface area contributed by atoms with Gasteiger partial charge in [0, 0.05) is 41.2 Å². The van der Waals surface area contributed by atoms with Crippen LogP contribution < -0.4 is 5.32 Å². The highest BCUT2D eigenvalue weighted by Crippen LogP contribution is 2.25. The van der Waals surface area contributed by atoms with Gasteiger partial charge in [-0.1, -0.05) is 41.9 Å². The van der Waals surface area contributed by atoms with Crippen molar-refractivity contribution in [2.24, 2.45) is 0 Å². The molecule has 0 saturated carbocycles. The van der Waals surface area contributed by atoms with Crippen molar-refractivity contribution in [3.8, 4) is 0 Å². The molecule has 2 N–H and O–H groups in total. The molecule has 7 nitrogen and oxygen atoms in total. The molecule has 34 heavy (non-hydrogen) atoms. The van der Waals surface area contributed by atoms with E-state index in [0.29, 0.717) is 10.9 Å². The molecule has 1 saturated heterocycles. The fourth-order valence-corrected chi connectivity index (χ4v) is 4.41. The second-order valence-corrected chi connectivity index (χ2v) is 8.50. The van der Waals surface area contributed by atoms with Gasteiger partial charge in [-0.25, -0.2) is 8.78 Å². The SMILES string of the molecule is O=C(CO)c1cn(CC(=O)N2C[C@H](F)C[C@H]2C(=O)NCc2cccc(Cl)c2F)c2ccccc12. The highest BCUT2D eigenvalue weighted by molar-refractivity contribution is 6.30. The first-order valence-corrected chi connectivity index (χ1v) is 11.0. The van der Waals surface area contributed by atoms with E-state index in [1.54, 1.807) is 34.9 Å². The number of aromatic nitrogens is 1. The molecule has 0 radical (unpaired) electrons. The van der Waals surface area contributed by atoms with Crippen LogP contribution >= 0.6 is 11.6 Å². The normalized spacial score (nSPS) is 17.8. The van der Waals surface area contributed by atoms with Gasteiger partial charge in [-0.3, -0.25) is 14.4 Å². The Hall–Kier alpha value is -3.30. The smallest absolute Gasteiger partial charge is 0.243 e. The standard InChI is InChI=1S/C24H22ClF2N3O4/c25-18-6-3-4-14(23(18)27)9-28-24(34)20-8-15(26)10-30(20)22(33)12-29-11-17(21(32)13-31)16-5-1-2-7-19(16)29/h1-7,11,15,20,31H,8-10,12-13H2,(H,28,34)/t15-,20+/m1/s1. The first kappa shape index (κ1) is 23.8. The van der Waals surface area contributed by atoms with Gasteiger partial charge in [0.05, 0.1) is 11.6 Å². The molecule has 2 aromatic carbocycles. The molecule has 1 fully saturated rings. The number of para-hydroxylation sites is 1. The summed E-state index contributed by atoms with van der Waals surface area (Å²) in [6.07, 6.45) is -0.0762. The van der Waals surface area contributed by atoms with E-state index in [1.165, 1.54) is 18.3 Å². The van der Waals surface area contributed by atoms with E-state index >= 15 is 0 Å². The molecule has 1 aromatic heterocycles. The van der Waals surface area contributed by atoms with Gasteiger partial charge in [-0.2, -0.15) is 0 Å². The number of amides is 2. The number of aliphatic hydroxyl groups is 1. The zero-order valence-corrected chi connectivity index (χ0v) is 18.8. The van der Waals surface area contributed by atoms with Gasteiger partial charge in [0.25, 0.3) is 0 Å². The number of benzene rings is 2. The lowest BCUT2D eigenvalue weighted by molar-refractivity contribution is -0.139. The van der Waals surface area contributed by atoms with Gasteiger partial charge in [0.1, 0.15) is 31.2 Å². The molecule has 0 spiro atoms. The Labute approximate surface area is 198 Å². The van der Waals surface area contributed by atoms with Crippen molar-refractivity contribution < 1.29 is 28.3 Å². The minimum absolute atomic E-state index is 0.0776. The van der Waals surface area contributed by atoms with E-state index in [2.05, 4.69) is 5.32 Å². The summed E-state index contributed by atoms with van der Waals surface area (Å²) in [5.41, 5.74) is 1.04. The van der Waals surface area contributed by atoms with Gasteiger partial charge in [-0.05, 0) is 12.1 Å². The number of hydrogen-bond acceptors (Lipinski definition) is 4. The minimum atomic E-state index is -1.38. The van der Waals surface area contributed by atoms with Gasteiger partial charge >= 0.3 is 0 Å². The monoisotopic (exact) mass is 489 g/mol. The first-order valence-electron chi connectivity index (χ1n) is 10.7. The number of fused-ring (bicyclic) bond motifs is 1. The van der Waals surface area contributed by atoms with Gasteiger partial charge < -0.3 is 19.9 Å². The van der Waals surface area contributed by atoms with Crippen LogP contribution in [0.1, 0.15) is 22.3 Å². The zero-order valence-electron chi connectivity index (χ0n) is 18.0. The van der Waals surface area contributed by atoms with Crippen molar-refractivity contribution in [2.45, 2.75) is 31.7 Å². The van der Waals surface area contributed by atoms with Crippen molar-refractivity contribution in [2.75, 3.05) is 13.2 Å². The molecule has 10 heteroatoms. The highest BCUT2D eigenvalue weighted by Gasteiger charge is 2.39. The van der Waals surface area contributed by atoms with Crippen LogP contribution in [0.3, 0.4) is 0 Å². The molecule has 178 valence electrons. The number of aliphatic hydroxyl groups excluding tert-OH is 1. The number of ketones is 1. The highest BCUT2D eigenvalue weighted by atomic mass is 35.5. The van der Waals surface area contributed by atoms with Crippen LogP contribution in [-0.4, -0.2) is 57.5 Å². The predicted octanol–water partition coefficient (Wildman–Crippen LogP) is 2.86. The van der Waals surface area contributed by atoms with Crippen LogP contribution in [0, 0.1) is 5.82 Å². The van der Waals surface area contributed by atoms with E-state index in [-0.39, 0.29) is 42.2 Å². The molecule has 1 aliphatic heterocycles. The molecule has 2 atom stereocenters. The zero-order chi connectivity index (χ0) is 24.4. The maximum atomic E-state index is 14.2. The first-order chi connectivity index (χ1) is 16.3. The number of likely N-dealkylation sites (tertiary alicyclic amines) is 1. The maximum absolute atomic E-state index is 14.2. The fourth-order valence-electron chi connectivity index (χ4n) is 4.22. The van der Waals surface area contributed by atoms with E-state index in [0.717, 1.165) is 4.90 Å². The summed E-state index contributed by atoms with van der Waals surface area (Å²) < 4.78 is 29.9. The lowest BCUT2D eigenvalue weighted by atomic mass is 10.1.